The smallest absolute Gasteiger partial charge is 0.216 e. The van der Waals surface area contributed by atoms with Crippen molar-refractivity contribution >= 4 is 16.8 Å². The van der Waals surface area contributed by atoms with Gasteiger partial charge in [0.15, 0.2) is 0 Å². The third-order valence-corrected chi connectivity index (χ3v) is 5.13. The van der Waals surface area contributed by atoms with E-state index in [-0.39, 0.29) is 5.91 Å². The SMILES string of the molecule is CC(=O)NCC[C@H]1[C@H](c2c(C)[nH]c3ccccc23)C1(C)C. The Hall–Kier alpha value is -1.77. The van der Waals surface area contributed by atoms with E-state index in [2.05, 4.69) is 55.3 Å². The van der Waals surface area contributed by atoms with Crippen LogP contribution < -0.4 is 5.32 Å². The lowest BCUT2D eigenvalue weighted by Gasteiger charge is -2.03. The number of aromatic nitrogens is 1. The molecule has 1 heterocycles. The second-order valence-corrected chi connectivity index (χ2v) is 6.89. The maximum atomic E-state index is 11.0. The number of amides is 1. The Balaban J connectivity index is 1.85. The Labute approximate surface area is 126 Å². The van der Waals surface area contributed by atoms with Gasteiger partial charge in [-0.1, -0.05) is 32.0 Å². The maximum Gasteiger partial charge on any atom is 0.216 e. The highest BCUT2D eigenvalue weighted by Gasteiger charge is 2.58. The molecule has 1 aliphatic rings. The summed E-state index contributed by atoms with van der Waals surface area (Å²) in [6.45, 7) is 9.23. The molecule has 0 saturated heterocycles. The van der Waals surface area contributed by atoms with Crippen molar-refractivity contribution in [2.75, 3.05) is 6.54 Å². The number of rotatable bonds is 4. The van der Waals surface area contributed by atoms with Crippen LogP contribution in [0.4, 0.5) is 0 Å². The standard InChI is InChI=1S/C18H24N2O/c1-11-16(13-7-5-6-8-15(13)20-11)17-14(18(17,3)4)9-10-19-12(2)21/h5-8,14,17,20H,9-10H2,1-4H3,(H,19,21)/t14-,17+/m0/s1. The number of para-hydroxylation sites is 1. The molecule has 1 saturated carbocycles. The van der Waals surface area contributed by atoms with E-state index in [0.29, 0.717) is 17.3 Å². The molecule has 2 N–H and O–H groups in total. The van der Waals surface area contributed by atoms with Crippen LogP contribution in [-0.2, 0) is 4.79 Å². The molecule has 0 bridgehead atoms. The maximum absolute atomic E-state index is 11.0. The van der Waals surface area contributed by atoms with Gasteiger partial charge in [-0.15, -0.1) is 0 Å². The summed E-state index contributed by atoms with van der Waals surface area (Å²) in [4.78, 5) is 14.5. The van der Waals surface area contributed by atoms with Gasteiger partial charge >= 0.3 is 0 Å². The van der Waals surface area contributed by atoms with Gasteiger partial charge in [0.1, 0.15) is 0 Å². The minimum atomic E-state index is 0.0632. The number of carbonyl (C=O) groups excluding carboxylic acids is 1. The van der Waals surface area contributed by atoms with Gasteiger partial charge in [-0.25, -0.2) is 0 Å². The quantitative estimate of drug-likeness (QED) is 0.882. The van der Waals surface area contributed by atoms with Crippen LogP contribution in [0.5, 0.6) is 0 Å². The van der Waals surface area contributed by atoms with Gasteiger partial charge in [0.05, 0.1) is 0 Å². The minimum Gasteiger partial charge on any atom is -0.358 e. The summed E-state index contributed by atoms with van der Waals surface area (Å²) in [6.07, 6.45) is 1.05. The summed E-state index contributed by atoms with van der Waals surface area (Å²) >= 11 is 0. The monoisotopic (exact) mass is 284 g/mol. The number of hydrogen-bond donors (Lipinski definition) is 2. The Morgan fingerprint density at radius 1 is 1.33 bits per heavy atom. The van der Waals surface area contributed by atoms with Crippen LogP contribution in [0.3, 0.4) is 0 Å². The molecular formula is C18H24N2O. The fourth-order valence-electron chi connectivity index (χ4n) is 3.96. The predicted octanol–water partition coefficient (Wildman–Crippen LogP) is 3.74. The average molecular weight is 284 g/mol. The first kappa shape index (κ1) is 14.2. The van der Waals surface area contributed by atoms with Crippen molar-refractivity contribution < 1.29 is 4.79 Å². The lowest BCUT2D eigenvalue weighted by atomic mass is 10.0. The first-order valence-electron chi connectivity index (χ1n) is 7.74. The van der Waals surface area contributed by atoms with E-state index in [0.717, 1.165) is 13.0 Å². The normalized spacial score (nSPS) is 23.2. The predicted molar refractivity (Wildman–Crippen MR) is 86.3 cm³/mol. The van der Waals surface area contributed by atoms with E-state index in [1.165, 1.54) is 22.2 Å². The lowest BCUT2D eigenvalue weighted by Crippen LogP contribution is -2.21. The molecule has 0 aliphatic heterocycles. The van der Waals surface area contributed by atoms with E-state index in [4.69, 9.17) is 0 Å². The third-order valence-electron chi connectivity index (χ3n) is 5.13. The van der Waals surface area contributed by atoms with Crippen molar-refractivity contribution in [3.8, 4) is 0 Å². The summed E-state index contributed by atoms with van der Waals surface area (Å²) in [5.74, 6) is 1.29. The molecule has 1 aliphatic carbocycles. The van der Waals surface area contributed by atoms with Crippen LogP contribution in [0.25, 0.3) is 10.9 Å². The molecule has 3 nitrogen and oxygen atoms in total. The van der Waals surface area contributed by atoms with E-state index < -0.39 is 0 Å². The topological polar surface area (TPSA) is 44.9 Å². The largest absolute Gasteiger partial charge is 0.358 e. The van der Waals surface area contributed by atoms with Crippen LogP contribution in [-0.4, -0.2) is 17.4 Å². The van der Waals surface area contributed by atoms with Crippen molar-refractivity contribution in [2.24, 2.45) is 11.3 Å². The molecule has 112 valence electrons. The zero-order chi connectivity index (χ0) is 15.2. The second-order valence-electron chi connectivity index (χ2n) is 6.89. The number of carbonyl (C=O) groups is 1. The second kappa shape index (κ2) is 4.90. The highest BCUT2D eigenvalue weighted by Crippen LogP contribution is 2.67. The molecule has 3 rings (SSSR count). The van der Waals surface area contributed by atoms with E-state index in [1.54, 1.807) is 6.92 Å². The summed E-state index contributed by atoms with van der Waals surface area (Å²) in [7, 11) is 0. The molecule has 3 heteroatoms. The molecule has 2 aromatic rings. The average Bonchev–Trinajstić information content (AvgIpc) is 2.77. The minimum absolute atomic E-state index is 0.0632. The fourth-order valence-corrected chi connectivity index (χ4v) is 3.96. The molecule has 2 atom stereocenters. The first-order valence-corrected chi connectivity index (χ1v) is 7.74. The van der Waals surface area contributed by atoms with Crippen LogP contribution >= 0.6 is 0 Å². The summed E-state index contributed by atoms with van der Waals surface area (Å²) in [5.41, 5.74) is 4.31. The molecule has 0 spiro atoms. The van der Waals surface area contributed by atoms with Gasteiger partial charge in [0.25, 0.3) is 0 Å². The fraction of sp³-hybridized carbons (Fsp3) is 0.500. The summed E-state index contributed by atoms with van der Waals surface area (Å²) < 4.78 is 0. The Morgan fingerprint density at radius 2 is 2.05 bits per heavy atom. The van der Waals surface area contributed by atoms with Gasteiger partial charge in [-0.05, 0) is 42.2 Å². The molecule has 0 unspecified atom stereocenters. The van der Waals surface area contributed by atoms with Crippen molar-refractivity contribution in [1.82, 2.24) is 10.3 Å². The molecule has 1 aromatic heterocycles. The zero-order valence-corrected chi connectivity index (χ0v) is 13.3. The molecule has 1 amide bonds. The zero-order valence-electron chi connectivity index (χ0n) is 13.3. The van der Waals surface area contributed by atoms with Crippen molar-refractivity contribution in [1.29, 1.82) is 0 Å². The number of nitrogens with one attached hydrogen (secondary N) is 2. The lowest BCUT2D eigenvalue weighted by molar-refractivity contribution is -0.118. The number of benzene rings is 1. The molecule has 21 heavy (non-hydrogen) atoms. The van der Waals surface area contributed by atoms with Gasteiger partial charge in [0, 0.05) is 30.1 Å². The highest BCUT2D eigenvalue weighted by atomic mass is 16.1. The molecule has 1 aromatic carbocycles. The number of aromatic amines is 1. The van der Waals surface area contributed by atoms with Crippen molar-refractivity contribution in [3.05, 3.63) is 35.5 Å². The van der Waals surface area contributed by atoms with Crippen LogP contribution in [0, 0.1) is 18.3 Å². The van der Waals surface area contributed by atoms with E-state index in [1.807, 2.05) is 0 Å². The molecule has 1 fully saturated rings. The Kier molecular flexibility index (Phi) is 3.31. The number of hydrogen-bond acceptors (Lipinski definition) is 1. The first-order chi connectivity index (χ1) is 9.93. The van der Waals surface area contributed by atoms with Crippen LogP contribution in [0.1, 0.15) is 44.4 Å². The molecule has 0 radical (unpaired) electrons. The summed E-state index contributed by atoms with van der Waals surface area (Å²) in [6, 6.07) is 8.55. The van der Waals surface area contributed by atoms with Crippen molar-refractivity contribution in [2.45, 2.75) is 40.0 Å². The van der Waals surface area contributed by atoms with Gasteiger partial charge < -0.3 is 10.3 Å². The van der Waals surface area contributed by atoms with Crippen LogP contribution in [0.15, 0.2) is 24.3 Å². The Morgan fingerprint density at radius 3 is 2.76 bits per heavy atom. The van der Waals surface area contributed by atoms with Crippen molar-refractivity contribution in [3.63, 3.8) is 0 Å². The van der Waals surface area contributed by atoms with Crippen LogP contribution in [0.2, 0.25) is 0 Å². The summed E-state index contributed by atoms with van der Waals surface area (Å²) in [5, 5.41) is 4.28. The highest BCUT2D eigenvalue weighted by molar-refractivity contribution is 5.86. The van der Waals surface area contributed by atoms with Gasteiger partial charge in [0.2, 0.25) is 5.91 Å². The third kappa shape index (κ3) is 2.35. The Bertz CT molecular complexity index is 684. The van der Waals surface area contributed by atoms with Gasteiger partial charge in [-0.3, -0.25) is 4.79 Å². The number of fused-ring (bicyclic) bond motifs is 1. The number of H-pyrrole nitrogens is 1. The number of aryl methyl sites for hydroxylation is 1. The van der Waals surface area contributed by atoms with E-state index >= 15 is 0 Å². The van der Waals surface area contributed by atoms with E-state index in [9.17, 15) is 4.79 Å². The molecular weight excluding hydrogens is 260 g/mol. The van der Waals surface area contributed by atoms with Gasteiger partial charge in [-0.2, -0.15) is 0 Å².